The fraction of sp³-hybridized carbons (Fsp3) is 0.545. The molecule has 1 heterocycles. The highest BCUT2D eigenvalue weighted by Crippen LogP contribution is 2.19. The van der Waals surface area contributed by atoms with Crippen molar-refractivity contribution in [3.63, 3.8) is 0 Å². The van der Waals surface area contributed by atoms with Crippen LogP contribution in [0.2, 0.25) is 0 Å². The van der Waals surface area contributed by atoms with Gasteiger partial charge in [-0.2, -0.15) is 0 Å². The van der Waals surface area contributed by atoms with Crippen LogP contribution < -0.4 is 5.32 Å². The van der Waals surface area contributed by atoms with Crippen molar-refractivity contribution in [2.24, 2.45) is 0 Å². The van der Waals surface area contributed by atoms with Crippen LogP contribution in [0.1, 0.15) is 19.3 Å². The first-order valence-electron chi connectivity index (χ1n) is 5.24. The molecule has 0 saturated carbocycles. The molecule has 0 aromatic rings. The molecule has 1 saturated heterocycles. The zero-order valence-corrected chi connectivity index (χ0v) is 8.48. The van der Waals surface area contributed by atoms with Crippen LogP contribution in [0, 0.1) is 0 Å². The summed E-state index contributed by atoms with van der Waals surface area (Å²) in [5, 5.41) is 11.7. The van der Waals surface area contributed by atoms with Crippen LogP contribution in [0.15, 0.2) is 24.0 Å². The van der Waals surface area contributed by atoms with Crippen molar-refractivity contribution in [3.05, 3.63) is 24.0 Å². The van der Waals surface area contributed by atoms with Crippen LogP contribution in [0.5, 0.6) is 0 Å². The van der Waals surface area contributed by atoms with Crippen molar-refractivity contribution < 1.29 is 14.6 Å². The first kappa shape index (κ1) is 10.2. The quantitative estimate of drug-likeness (QED) is 0.729. The van der Waals surface area contributed by atoms with Gasteiger partial charge in [0.05, 0.1) is 5.76 Å². The maximum absolute atomic E-state index is 10.7. The minimum Gasteiger partial charge on any atom is -0.493 e. The Kier molecular flexibility index (Phi) is 3.06. The first-order chi connectivity index (χ1) is 7.25. The number of carbonyl (C=O) groups is 1. The van der Waals surface area contributed by atoms with E-state index in [4.69, 9.17) is 9.84 Å². The molecule has 2 atom stereocenters. The number of hydrogen-bond acceptors (Lipinski definition) is 3. The summed E-state index contributed by atoms with van der Waals surface area (Å²) in [5.41, 5.74) is 0. The lowest BCUT2D eigenvalue weighted by Crippen LogP contribution is -2.29. The van der Waals surface area contributed by atoms with Crippen LogP contribution in [0.3, 0.4) is 0 Å². The highest BCUT2D eigenvalue weighted by molar-refractivity contribution is 5.73. The van der Waals surface area contributed by atoms with Gasteiger partial charge >= 0.3 is 5.97 Å². The number of allylic oxidation sites excluding steroid dienone is 4. The summed E-state index contributed by atoms with van der Waals surface area (Å²) in [6.45, 7) is 0.623. The number of hydrogen-bond donors (Lipinski definition) is 2. The van der Waals surface area contributed by atoms with E-state index in [0.717, 1.165) is 18.6 Å². The van der Waals surface area contributed by atoms with Crippen LogP contribution in [0.4, 0.5) is 0 Å². The lowest BCUT2D eigenvalue weighted by atomic mass is 10.1. The first-order valence-corrected chi connectivity index (χ1v) is 5.24. The lowest BCUT2D eigenvalue weighted by Gasteiger charge is -2.16. The summed E-state index contributed by atoms with van der Waals surface area (Å²) in [6, 6.07) is -0.449. The van der Waals surface area contributed by atoms with Gasteiger partial charge in [-0.15, -0.1) is 0 Å². The van der Waals surface area contributed by atoms with Crippen molar-refractivity contribution in [2.45, 2.75) is 31.4 Å². The second-order valence-corrected chi connectivity index (χ2v) is 3.87. The van der Waals surface area contributed by atoms with Gasteiger partial charge in [0.1, 0.15) is 12.1 Å². The molecule has 0 spiro atoms. The third kappa shape index (κ3) is 2.59. The fourth-order valence-corrected chi connectivity index (χ4v) is 1.87. The van der Waals surface area contributed by atoms with E-state index in [1.165, 1.54) is 0 Å². The molecule has 2 aliphatic rings. The minimum atomic E-state index is -0.793. The molecule has 1 aliphatic carbocycles. The van der Waals surface area contributed by atoms with Crippen molar-refractivity contribution in [3.8, 4) is 0 Å². The summed E-state index contributed by atoms with van der Waals surface area (Å²) in [6.07, 6.45) is 8.52. The largest absolute Gasteiger partial charge is 0.493 e. The van der Waals surface area contributed by atoms with E-state index in [-0.39, 0.29) is 6.10 Å². The summed E-state index contributed by atoms with van der Waals surface area (Å²) in [5.74, 6) is 0.175. The molecule has 0 bridgehead atoms. The predicted molar refractivity (Wildman–Crippen MR) is 55.4 cm³/mol. The fourth-order valence-electron chi connectivity index (χ4n) is 1.87. The molecule has 1 aliphatic heterocycles. The highest BCUT2D eigenvalue weighted by atomic mass is 16.5. The van der Waals surface area contributed by atoms with Gasteiger partial charge < -0.3 is 15.2 Å². The third-order valence-corrected chi connectivity index (χ3v) is 2.68. The summed E-state index contributed by atoms with van der Waals surface area (Å²) in [4.78, 5) is 10.7. The molecule has 82 valence electrons. The Morgan fingerprint density at radius 3 is 3.07 bits per heavy atom. The Labute approximate surface area is 88.6 Å². The normalized spacial score (nSPS) is 30.0. The van der Waals surface area contributed by atoms with E-state index < -0.39 is 12.0 Å². The molecule has 0 aromatic carbocycles. The predicted octanol–water partition coefficient (Wildman–Crippen LogP) is 1.05. The monoisotopic (exact) mass is 209 g/mol. The van der Waals surface area contributed by atoms with E-state index >= 15 is 0 Å². The van der Waals surface area contributed by atoms with Crippen LogP contribution >= 0.6 is 0 Å². The van der Waals surface area contributed by atoms with Gasteiger partial charge in [-0.25, -0.2) is 0 Å². The number of carboxylic acids is 1. The number of nitrogens with one attached hydrogen (secondary N) is 1. The molecule has 2 N–H and O–H groups in total. The maximum Gasteiger partial charge on any atom is 0.320 e. The van der Waals surface area contributed by atoms with Crippen LogP contribution in [0.25, 0.3) is 0 Å². The van der Waals surface area contributed by atoms with Crippen molar-refractivity contribution in [2.75, 3.05) is 6.54 Å². The van der Waals surface area contributed by atoms with E-state index in [1.807, 2.05) is 12.2 Å². The third-order valence-electron chi connectivity index (χ3n) is 2.68. The Morgan fingerprint density at radius 1 is 1.60 bits per heavy atom. The average molecular weight is 209 g/mol. The molecule has 4 nitrogen and oxygen atoms in total. The van der Waals surface area contributed by atoms with E-state index in [2.05, 4.69) is 11.4 Å². The topological polar surface area (TPSA) is 58.6 Å². The molecular formula is C11H15NO3. The highest BCUT2D eigenvalue weighted by Gasteiger charge is 2.30. The zero-order valence-electron chi connectivity index (χ0n) is 8.48. The molecular weight excluding hydrogens is 194 g/mol. The number of carboxylic acid groups (broad SMARTS) is 1. The smallest absolute Gasteiger partial charge is 0.320 e. The van der Waals surface area contributed by atoms with Crippen molar-refractivity contribution in [1.82, 2.24) is 5.32 Å². The summed E-state index contributed by atoms with van der Waals surface area (Å²) >= 11 is 0. The maximum atomic E-state index is 10.7. The van der Waals surface area contributed by atoms with Gasteiger partial charge in [0.25, 0.3) is 0 Å². The number of rotatable bonds is 3. The molecule has 15 heavy (non-hydrogen) atoms. The molecule has 1 fully saturated rings. The lowest BCUT2D eigenvalue weighted by molar-refractivity contribution is -0.139. The summed E-state index contributed by atoms with van der Waals surface area (Å²) < 4.78 is 5.72. The second-order valence-electron chi connectivity index (χ2n) is 3.87. The van der Waals surface area contributed by atoms with Gasteiger partial charge in [-0.3, -0.25) is 4.79 Å². The van der Waals surface area contributed by atoms with Crippen molar-refractivity contribution in [1.29, 1.82) is 0 Å². The zero-order chi connectivity index (χ0) is 10.7. The van der Waals surface area contributed by atoms with Crippen LogP contribution in [-0.4, -0.2) is 29.8 Å². The van der Waals surface area contributed by atoms with Crippen LogP contribution in [-0.2, 0) is 9.53 Å². The number of aliphatic carboxylic acids is 1. The Morgan fingerprint density at radius 2 is 2.47 bits per heavy atom. The number of ether oxygens (including phenoxy) is 1. The van der Waals surface area contributed by atoms with Crippen molar-refractivity contribution >= 4 is 5.97 Å². The van der Waals surface area contributed by atoms with Gasteiger partial charge in [-0.05, 0) is 12.5 Å². The van der Waals surface area contributed by atoms with Gasteiger partial charge in [0, 0.05) is 19.4 Å². The average Bonchev–Trinajstić information content (AvgIpc) is 2.68. The second kappa shape index (κ2) is 4.49. The van der Waals surface area contributed by atoms with E-state index in [1.54, 1.807) is 0 Å². The molecule has 2 rings (SSSR count). The van der Waals surface area contributed by atoms with E-state index in [0.29, 0.717) is 13.0 Å². The SMILES string of the molecule is O=C(O)[C@@H]1C[C@H](OC2=CC=CCC2)CN1. The minimum absolute atomic E-state index is 0.00356. The molecule has 0 unspecified atom stereocenters. The molecule has 0 radical (unpaired) electrons. The standard InChI is InChI=1S/C11H15NO3/c13-11(14)10-6-9(7-12-10)15-8-4-2-1-3-5-8/h1-2,4,9-10,12H,3,5-7H2,(H,13,14)/t9-,10-/m0/s1. The molecule has 0 aromatic heterocycles. The molecule has 4 heteroatoms. The van der Waals surface area contributed by atoms with Gasteiger partial charge in [0.15, 0.2) is 0 Å². The van der Waals surface area contributed by atoms with E-state index in [9.17, 15) is 4.79 Å². The Hall–Kier alpha value is -1.29. The Bertz CT molecular complexity index is 309. The Balaban J connectivity index is 1.84. The summed E-state index contributed by atoms with van der Waals surface area (Å²) in [7, 11) is 0. The molecule has 0 amide bonds. The van der Waals surface area contributed by atoms with Gasteiger partial charge in [-0.1, -0.05) is 12.2 Å². The van der Waals surface area contributed by atoms with Gasteiger partial charge in [0.2, 0.25) is 0 Å².